The Morgan fingerprint density at radius 1 is 1.24 bits per heavy atom. The van der Waals surface area contributed by atoms with Gasteiger partial charge < -0.3 is 14.8 Å². The average molecular weight is 299 g/mol. The van der Waals surface area contributed by atoms with Crippen LogP contribution in [0.1, 0.15) is 17.5 Å². The van der Waals surface area contributed by atoms with E-state index in [1.807, 2.05) is 6.08 Å². The molecule has 0 spiro atoms. The molecule has 2 atom stereocenters. The molecule has 3 rings (SSSR count). The lowest BCUT2D eigenvalue weighted by atomic mass is 9.90. The van der Waals surface area contributed by atoms with Crippen LogP contribution in [-0.4, -0.2) is 32.4 Å². The second-order valence-electron chi connectivity index (χ2n) is 5.35. The molecule has 0 amide bonds. The third-order valence-electron chi connectivity index (χ3n) is 3.78. The first-order valence-electron chi connectivity index (χ1n) is 6.77. The molecule has 2 heterocycles. The van der Waals surface area contributed by atoms with Crippen molar-refractivity contribution in [1.29, 1.82) is 0 Å². The smallest absolute Gasteiger partial charge is 0.416 e. The van der Waals surface area contributed by atoms with Crippen molar-refractivity contribution in [1.82, 2.24) is 5.32 Å². The molecule has 1 saturated heterocycles. The van der Waals surface area contributed by atoms with E-state index in [1.165, 1.54) is 13.2 Å². The molecule has 0 aliphatic carbocycles. The van der Waals surface area contributed by atoms with E-state index in [4.69, 9.17) is 9.47 Å². The maximum absolute atomic E-state index is 13.0. The van der Waals surface area contributed by atoms with Gasteiger partial charge in [-0.3, -0.25) is 0 Å². The van der Waals surface area contributed by atoms with Crippen molar-refractivity contribution in [3.8, 4) is 5.75 Å². The fourth-order valence-electron chi connectivity index (χ4n) is 2.81. The summed E-state index contributed by atoms with van der Waals surface area (Å²) in [5, 5.41) is 3.37. The van der Waals surface area contributed by atoms with Gasteiger partial charge in [-0.2, -0.15) is 13.2 Å². The number of methoxy groups -OCH3 is 1. The van der Waals surface area contributed by atoms with Crippen molar-refractivity contribution in [2.24, 2.45) is 0 Å². The molecular weight excluding hydrogens is 283 g/mol. The van der Waals surface area contributed by atoms with Gasteiger partial charge in [0, 0.05) is 12.1 Å². The molecule has 1 fully saturated rings. The zero-order valence-electron chi connectivity index (χ0n) is 11.5. The van der Waals surface area contributed by atoms with E-state index in [0.717, 1.165) is 11.6 Å². The highest BCUT2D eigenvalue weighted by molar-refractivity contribution is 5.69. The lowest BCUT2D eigenvalue weighted by Gasteiger charge is -2.35. The molecule has 114 valence electrons. The van der Waals surface area contributed by atoms with Crippen LogP contribution in [0.25, 0.3) is 5.57 Å². The molecular formula is C15H16F3NO2. The van der Waals surface area contributed by atoms with Crippen LogP contribution in [-0.2, 0) is 10.9 Å². The van der Waals surface area contributed by atoms with Gasteiger partial charge in [0.2, 0.25) is 0 Å². The van der Waals surface area contributed by atoms with Crippen LogP contribution in [0, 0.1) is 0 Å². The van der Waals surface area contributed by atoms with Crippen LogP contribution < -0.4 is 10.1 Å². The van der Waals surface area contributed by atoms with E-state index in [1.54, 1.807) is 6.07 Å². The van der Waals surface area contributed by atoms with Crippen molar-refractivity contribution < 1.29 is 22.6 Å². The number of benzene rings is 1. The summed E-state index contributed by atoms with van der Waals surface area (Å²) in [4.78, 5) is 0. The molecule has 3 nitrogen and oxygen atoms in total. The van der Waals surface area contributed by atoms with Gasteiger partial charge in [0.05, 0.1) is 25.9 Å². The maximum Gasteiger partial charge on any atom is 0.416 e. The topological polar surface area (TPSA) is 30.5 Å². The molecule has 2 aliphatic rings. The number of fused-ring (bicyclic) bond motifs is 2. The van der Waals surface area contributed by atoms with Crippen LogP contribution in [0.5, 0.6) is 5.75 Å². The van der Waals surface area contributed by atoms with Crippen molar-refractivity contribution in [3.63, 3.8) is 0 Å². The lowest BCUT2D eigenvalue weighted by Crippen LogP contribution is -2.50. The Morgan fingerprint density at radius 3 is 2.71 bits per heavy atom. The zero-order valence-corrected chi connectivity index (χ0v) is 11.5. The third-order valence-corrected chi connectivity index (χ3v) is 3.78. The van der Waals surface area contributed by atoms with E-state index >= 15 is 0 Å². The molecule has 0 saturated carbocycles. The Morgan fingerprint density at radius 2 is 2.05 bits per heavy atom. The summed E-state index contributed by atoms with van der Waals surface area (Å²) in [7, 11) is 1.37. The van der Waals surface area contributed by atoms with Gasteiger partial charge in [-0.25, -0.2) is 0 Å². The number of alkyl halides is 3. The minimum atomic E-state index is -4.38. The van der Waals surface area contributed by atoms with Crippen LogP contribution in [0.3, 0.4) is 0 Å². The lowest BCUT2D eigenvalue weighted by molar-refractivity contribution is -0.137. The summed E-state index contributed by atoms with van der Waals surface area (Å²) in [5.41, 5.74) is 0.800. The van der Waals surface area contributed by atoms with Gasteiger partial charge in [-0.05, 0) is 35.8 Å². The fraction of sp³-hybridized carbons (Fsp3) is 0.467. The zero-order chi connectivity index (χ0) is 15.0. The molecule has 6 heteroatoms. The fourth-order valence-corrected chi connectivity index (χ4v) is 2.81. The second kappa shape index (κ2) is 5.35. The van der Waals surface area contributed by atoms with Gasteiger partial charge in [0.15, 0.2) is 0 Å². The second-order valence-corrected chi connectivity index (χ2v) is 5.35. The summed E-state index contributed by atoms with van der Waals surface area (Å²) in [6, 6.07) is 4.09. The van der Waals surface area contributed by atoms with E-state index in [0.29, 0.717) is 25.2 Å². The molecule has 0 aromatic heterocycles. The van der Waals surface area contributed by atoms with Crippen molar-refractivity contribution in [2.75, 3.05) is 20.3 Å². The largest absolute Gasteiger partial charge is 0.497 e. The van der Waals surface area contributed by atoms with E-state index in [2.05, 4.69) is 5.32 Å². The normalized spacial score (nSPS) is 25.4. The monoisotopic (exact) mass is 299 g/mol. The number of morpholine rings is 1. The van der Waals surface area contributed by atoms with Gasteiger partial charge in [-0.1, -0.05) is 6.08 Å². The Labute approximate surface area is 120 Å². The van der Waals surface area contributed by atoms with Crippen LogP contribution in [0.2, 0.25) is 0 Å². The minimum Gasteiger partial charge on any atom is -0.497 e. The number of hydrogen-bond acceptors (Lipinski definition) is 3. The molecule has 0 radical (unpaired) electrons. The molecule has 2 aliphatic heterocycles. The van der Waals surface area contributed by atoms with E-state index in [-0.39, 0.29) is 17.8 Å². The first-order chi connectivity index (χ1) is 9.95. The van der Waals surface area contributed by atoms with Crippen LogP contribution in [0.4, 0.5) is 13.2 Å². The predicted octanol–water partition coefficient (Wildman–Crippen LogP) is 2.86. The summed E-state index contributed by atoms with van der Waals surface area (Å²) in [5.74, 6) is 0.223. The van der Waals surface area contributed by atoms with E-state index < -0.39 is 11.7 Å². The highest BCUT2D eigenvalue weighted by atomic mass is 19.4. The molecule has 1 N–H and O–H groups in total. The maximum atomic E-state index is 13.0. The predicted molar refractivity (Wildman–Crippen MR) is 72.1 cm³/mol. The summed E-state index contributed by atoms with van der Waals surface area (Å²) in [6.07, 6.45) is -1.78. The molecule has 1 aromatic carbocycles. The van der Waals surface area contributed by atoms with Gasteiger partial charge in [0.25, 0.3) is 0 Å². The summed E-state index contributed by atoms with van der Waals surface area (Å²) < 4.78 is 49.4. The SMILES string of the molecule is COc1cc(C2=CC3COCC(C2)N3)cc(C(F)(F)F)c1. The Bertz CT molecular complexity index is 569. The van der Waals surface area contributed by atoms with Crippen molar-refractivity contribution in [3.05, 3.63) is 35.4 Å². The van der Waals surface area contributed by atoms with E-state index in [9.17, 15) is 13.2 Å². The number of rotatable bonds is 2. The highest BCUT2D eigenvalue weighted by Gasteiger charge is 2.33. The number of ether oxygens (including phenoxy) is 2. The highest BCUT2D eigenvalue weighted by Crippen LogP contribution is 2.36. The van der Waals surface area contributed by atoms with Gasteiger partial charge >= 0.3 is 6.18 Å². The molecule has 21 heavy (non-hydrogen) atoms. The van der Waals surface area contributed by atoms with Gasteiger partial charge in [-0.15, -0.1) is 0 Å². The third kappa shape index (κ3) is 3.06. The molecule has 1 aromatic rings. The Balaban J connectivity index is 1.99. The summed E-state index contributed by atoms with van der Waals surface area (Å²) in [6.45, 7) is 1.14. The average Bonchev–Trinajstić information content (AvgIpc) is 2.45. The van der Waals surface area contributed by atoms with Crippen molar-refractivity contribution >= 4 is 5.57 Å². The standard InChI is InChI=1S/C15H16F3NO2/c1-20-14-5-9(2-11(6-14)15(16,17)18)10-3-12-7-21-8-13(4-10)19-12/h2-3,5-6,12-13,19H,4,7-8H2,1H3. The number of hydrogen-bond donors (Lipinski definition) is 1. The molecule has 2 unspecified atom stereocenters. The minimum absolute atomic E-state index is 0.0630. The Hall–Kier alpha value is -1.53. The van der Waals surface area contributed by atoms with Gasteiger partial charge in [0.1, 0.15) is 5.75 Å². The van der Waals surface area contributed by atoms with Crippen LogP contribution in [0.15, 0.2) is 24.3 Å². The summed E-state index contributed by atoms with van der Waals surface area (Å²) >= 11 is 0. The number of halogens is 3. The van der Waals surface area contributed by atoms with Crippen molar-refractivity contribution in [2.45, 2.75) is 24.7 Å². The molecule has 2 bridgehead atoms. The number of nitrogens with one attached hydrogen (secondary N) is 1. The first kappa shape index (κ1) is 14.4. The van der Waals surface area contributed by atoms with Crippen LogP contribution >= 0.6 is 0 Å². The Kier molecular flexibility index (Phi) is 3.67. The first-order valence-corrected chi connectivity index (χ1v) is 6.77. The quantitative estimate of drug-likeness (QED) is 0.911.